The fourth-order valence-electron chi connectivity index (χ4n) is 0. The fraction of sp³-hybridized carbons (Fsp3) is 0.750. The molecule has 0 nitrogen and oxygen atoms in total. The summed E-state index contributed by atoms with van der Waals surface area (Å²) in [6.07, 6.45) is 0. The molecule has 0 N–H and O–H groups in total. The lowest BCUT2D eigenvalue weighted by Gasteiger charge is -1.78. The van der Waals surface area contributed by atoms with Crippen molar-refractivity contribution in [2.24, 2.45) is 0 Å². The quantitative estimate of drug-likeness (QED) is 0.403. The van der Waals surface area contributed by atoms with E-state index in [1.54, 1.807) is 0 Å². The standard InChI is InChI=1S/C4H9/c1-4(2)3/h1-3H3/i1D3,2D3,3D3. The van der Waals surface area contributed by atoms with Crippen molar-refractivity contribution in [3.05, 3.63) is 5.92 Å². The van der Waals surface area contributed by atoms with Gasteiger partial charge in [0.1, 0.15) is 0 Å². The summed E-state index contributed by atoms with van der Waals surface area (Å²) in [4.78, 5) is 0. The van der Waals surface area contributed by atoms with Crippen molar-refractivity contribution in [3.8, 4) is 0 Å². The summed E-state index contributed by atoms with van der Waals surface area (Å²) in [5, 5.41) is 0. The molecular formula is C4H9. The first-order valence-electron chi connectivity index (χ1n) is 5.25. The normalized spacial score (nSPS) is 51.8. The van der Waals surface area contributed by atoms with Crippen molar-refractivity contribution in [2.75, 3.05) is 0 Å². The van der Waals surface area contributed by atoms with Crippen LogP contribution in [0.1, 0.15) is 32.9 Å². The smallest absolute Gasteiger partial charge is 0.0236 e. The number of hydrogen-bond donors (Lipinski definition) is 0. The Labute approximate surface area is 40.5 Å². The monoisotopic (exact) mass is 66.1 g/mol. The third-order valence-electron chi connectivity index (χ3n) is 0. The van der Waals surface area contributed by atoms with E-state index < -0.39 is 26.5 Å². The van der Waals surface area contributed by atoms with Crippen LogP contribution in [-0.2, 0) is 0 Å². The maximum atomic E-state index is 6.78. The highest BCUT2D eigenvalue weighted by molar-refractivity contribution is 4.64. The summed E-state index contributed by atoms with van der Waals surface area (Å²) >= 11 is 0. The molecule has 0 aliphatic carbocycles. The van der Waals surface area contributed by atoms with Gasteiger partial charge in [-0.15, -0.1) is 0 Å². The molecule has 0 heterocycles. The Kier molecular flexibility index (Phi) is 0.0833. The van der Waals surface area contributed by atoms with Gasteiger partial charge in [0.2, 0.25) is 0 Å². The van der Waals surface area contributed by atoms with E-state index in [2.05, 4.69) is 0 Å². The maximum absolute atomic E-state index is 6.78. The van der Waals surface area contributed by atoms with E-state index in [0.29, 0.717) is 0 Å². The largest absolute Gasteiger partial charge is 0.0597 e. The van der Waals surface area contributed by atoms with Crippen LogP contribution in [0.15, 0.2) is 0 Å². The molecule has 0 atom stereocenters. The molecule has 0 saturated heterocycles. The van der Waals surface area contributed by atoms with Gasteiger partial charge in [-0.3, -0.25) is 0 Å². The van der Waals surface area contributed by atoms with Gasteiger partial charge in [-0.25, -0.2) is 0 Å². The van der Waals surface area contributed by atoms with E-state index >= 15 is 0 Å². The Hall–Kier alpha value is 0. The molecule has 0 heteroatoms. The molecular weight excluding hydrogens is 48.0 g/mol. The van der Waals surface area contributed by atoms with Gasteiger partial charge in [-0.1, -0.05) is 20.6 Å². The Bertz CT molecular complexity index is 134. The van der Waals surface area contributed by atoms with E-state index in [9.17, 15) is 0 Å². The van der Waals surface area contributed by atoms with Crippen LogP contribution in [0.2, 0.25) is 0 Å². The highest BCUT2D eigenvalue weighted by Crippen LogP contribution is 1.85. The van der Waals surface area contributed by atoms with Crippen LogP contribution in [0.5, 0.6) is 0 Å². The van der Waals surface area contributed by atoms with Crippen LogP contribution >= 0.6 is 0 Å². The molecule has 0 aromatic carbocycles. The molecule has 4 heavy (non-hydrogen) atoms. The van der Waals surface area contributed by atoms with Gasteiger partial charge in [0, 0.05) is 12.3 Å². The first-order chi connectivity index (χ1) is 5.37. The lowest BCUT2D eigenvalue weighted by Crippen LogP contribution is -1.62. The Morgan fingerprint density at radius 1 is 1.50 bits per heavy atom. The highest BCUT2D eigenvalue weighted by Gasteiger charge is 1.69. The second kappa shape index (κ2) is 1.33. The van der Waals surface area contributed by atoms with Gasteiger partial charge < -0.3 is 0 Å². The Balaban J connectivity index is 5.02. The van der Waals surface area contributed by atoms with Crippen LogP contribution in [0.3, 0.4) is 0 Å². The summed E-state index contributed by atoms with van der Waals surface area (Å²) in [6, 6.07) is 0. The molecule has 0 amide bonds. The van der Waals surface area contributed by atoms with Gasteiger partial charge in [-0.05, 0) is 5.92 Å². The van der Waals surface area contributed by atoms with E-state index in [4.69, 9.17) is 12.3 Å². The average Bonchev–Trinajstić information content (AvgIpc) is 1.44. The minimum absolute atomic E-state index is 1.35. The Morgan fingerprint density at radius 2 is 2.00 bits per heavy atom. The van der Waals surface area contributed by atoms with E-state index in [-0.39, 0.29) is 0 Å². The van der Waals surface area contributed by atoms with Crippen molar-refractivity contribution in [2.45, 2.75) is 20.6 Å². The lowest BCUT2D eigenvalue weighted by molar-refractivity contribution is 1.10. The summed E-state index contributed by atoms with van der Waals surface area (Å²) in [7, 11) is 0. The van der Waals surface area contributed by atoms with Gasteiger partial charge >= 0.3 is 0 Å². The molecule has 0 saturated carbocycles. The second-order valence-corrected chi connectivity index (χ2v) is 0.375. The predicted octanol–water partition coefficient (Wildman–Crippen LogP) is 1.62. The fourth-order valence-corrected chi connectivity index (χ4v) is 0. The second-order valence-electron chi connectivity index (χ2n) is 0.375. The van der Waals surface area contributed by atoms with Crippen LogP contribution in [0, 0.1) is 5.92 Å². The SMILES string of the molecule is [2H]C([2H])([2H])[C](C([2H])([2H])[2H])C([2H])([2H])[2H]. The molecule has 0 unspecified atom stereocenters. The highest BCUT2D eigenvalue weighted by atomic mass is 13.7. The summed E-state index contributed by atoms with van der Waals surface area (Å²) in [5.74, 6) is -1.35. The Morgan fingerprint density at radius 3 is 2.00 bits per heavy atom. The molecule has 0 fully saturated rings. The first-order valence-corrected chi connectivity index (χ1v) is 0.750. The summed E-state index contributed by atoms with van der Waals surface area (Å²) in [5.41, 5.74) is 0. The molecule has 0 bridgehead atoms. The third-order valence-corrected chi connectivity index (χ3v) is 0. The summed E-state index contributed by atoms with van der Waals surface area (Å²) in [6.45, 7) is -9.22. The van der Waals surface area contributed by atoms with E-state index in [1.165, 1.54) is 0 Å². The van der Waals surface area contributed by atoms with Crippen molar-refractivity contribution >= 4 is 0 Å². The molecule has 0 aromatic heterocycles. The summed E-state index contributed by atoms with van der Waals surface area (Å²) < 4.78 is 61.0. The van der Waals surface area contributed by atoms with E-state index in [1.807, 2.05) is 0 Å². The lowest BCUT2D eigenvalue weighted by atomic mass is 10.3. The van der Waals surface area contributed by atoms with Crippen LogP contribution in [0.4, 0.5) is 0 Å². The number of rotatable bonds is 0. The van der Waals surface area contributed by atoms with Crippen molar-refractivity contribution in [1.82, 2.24) is 0 Å². The van der Waals surface area contributed by atoms with Gasteiger partial charge in [0.05, 0.1) is 0 Å². The minimum atomic E-state index is -3.07. The van der Waals surface area contributed by atoms with Crippen LogP contribution < -0.4 is 0 Å². The van der Waals surface area contributed by atoms with Crippen LogP contribution in [-0.4, -0.2) is 0 Å². The van der Waals surface area contributed by atoms with Crippen molar-refractivity contribution in [3.63, 3.8) is 0 Å². The zero-order chi connectivity index (χ0) is 11.1. The van der Waals surface area contributed by atoms with Gasteiger partial charge in [0.25, 0.3) is 0 Å². The van der Waals surface area contributed by atoms with Gasteiger partial charge in [-0.2, -0.15) is 0 Å². The minimum Gasteiger partial charge on any atom is -0.0597 e. The average molecular weight is 66.2 g/mol. The maximum Gasteiger partial charge on any atom is 0.0236 e. The molecule has 0 spiro atoms. The van der Waals surface area contributed by atoms with Crippen molar-refractivity contribution < 1.29 is 12.3 Å². The van der Waals surface area contributed by atoms with Crippen LogP contribution in [0.25, 0.3) is 0 Å². The topological polar surface area (TPSA) is 0 Å². The van der Waals surface area contributed by atoms with E-state index in [0.717, 1.165) is 0 Å². The number of hydrogen-bond acceptors (Lipinski definition) is 0. The predicted molar refractivity (Wildman–Crippen MR) is 20.3 cm³/mol. The third kappa shape index (κ3) is 0. The zero-order valence-electron chi connectivity index (χ0n) is 11.0. The molecule has 0 rings (SSSR count). The molecule has 1 radical (unpaired) electrons. The molecule has 0 aliphatic rings. The first kappa shape index (κ1) is 0.250. The van der Waals surface area contributed by atoms with Gasteiger partial charge in [0.15, 0.2) is 0 Å². The molecule has 0 aliphatic heterocycles. The van der Waals surface area contributed by atoms with Crippen molar-refractivity contribution in [1.29, 1.82) is 0 Å². The molecule has 0 aromatic rings. The molecule has 25 valence electrons. The zero-order valence-corrected chi connectivity index (χ0v) is 2.00.